The maximum atomic E-state index is 11.2. The van der Waals surface area contributed by atoms with Gasteiger partial charge in [0.1, 0.15) is 0 Å². The molecule has 0 unspecified atom stereocenters. The van der Waals surface area contributed by atoms with Gasteiger partial charge in [0.05, 0.1) is 0 Å². The van der Waals surface area contributed by atoms with Crippen molar-refractivity contribution < 1.29 is 4.79 Å². The molecule has 0 heterocycles. The van der Waals surface area contributed by atoms with Crippen LogP contribution in [0.2, 0.25) is 0 Å². The van der Waals surface area contributed by atoms with E-state index in [4.69, 9.17) is 5.53 Å². The molecule has 0 bridgehead atoms. The van der Waals surface area contributed by atoms with Gasteiger partial charge < -0.3 is 0 Å². The molecule has 1 saturated carbocycles. The van der Waals surface area contributed by atoms with Gasteiger partial charge in [-0.25, -0.2) is 0 Å². The summed E-state index contributed by atoms with van der Waals surface area (Å²) < 4.78 is 0. The zero-order chi connectivity index (χ0) is 9.97. The highest BCUT2D eigenvalue weighted by Crippen LogP contribution is 2.48. The maximum absolute atomic E-state index is 11.2. The minimum atomic E-state index is -0.332. The van der Waals surface area contributed by atoms with Crippen molar-refractivity contribution in [2.45, 2.75) is 12.3 Å². The first-order chi connectivity index (χ1) is 6.83. The normalized spacial score (nSPS) is 23.7. The van der Waals surface area contributed by atoms with Gasteiger partial charge in [-0.05, 0) is 28.5 Å². The molecule has 70 valence electrons. The lowest BCUT2D eigenvalue weighted by molar-refractivity contribution is -0.119. The van der Waals surface area contributed by atoms with Crippen LogP contribution < -0.4 is 0 Å². The summed E-state index contributed by atoms with van der Waals surface area (Å²) in [7, 11) is 0. The highest BCUT2D eigenvalue weighted by Gasteiger charge is 2.42. The van der Waals surface area contributed by atoms with Crippen molar-refractivity contribution >= 4 is 5.91 Å². The molecule has 1 fully saturated rings. The third kappa shape index (κ3) is 1.60. The predicted octanol–water partition coefficient (Wildman–Crippen LogP) is 2.63. The SMILES string of the molecule is [N-]=[N+]=NC(=O)[C@@H]1C[C@H]1c1ccccc1. The summed E-state index contributed by atoms with van der Waals surface area (Å²) >= 11 is 0. The molecule has 1 amide bonds. The quantitative estimate of drug-likeness (QED) is 0.398. The Morgan fingerprint density at radius 2 is 2.14 bits per heavy atom. The first-order valence-electron chi connectivity index (χ1n) is 4.47. The van der Waals surface area contributed by atoms with E-state index in [1.54, 1.807) is 0 Å². The third-order valence-corrected chi connectivity index (χ3v) is 2.48. The van der Waals surface area contributed by atoms with Crippen LogP contribution in [0, 0.1) is 5.92 Å². The molecule has 4 nitrogen and oxygen atoms in total. The Labute approximate surface area is 81.2 Å². The lowest BCUT2D eigenvalue weighted by Gasteiger charge is -1.96. The van der Waals surface area contributed by atoms with Crippen molar-refractivity contribution in [1.82, 2.24) is 0 Å². The van der Waals surface area contributed by atoms with E-state index in [0.29, 0.717) is 0 Å². The van der Waals surface area contributed by atoms with Crippen molar-refractivity contribution in [3.8, 4) is 0 Å². The average molecular weight is 187 g/mol. The maximum Gasteiger partial charge on any atom is 0.222 e. The van der Waals surface area contributed by atoms with Crippen LogP contribution in [0.5, 0.6) is 0 Å². The molecule has 0 radical (unpaired) electrons. The van der Waals surface area contributed by atoms with Crippen molar-refractivity contribution in [1.29, 1.82) is 0 Å². The summed E-state index contributed by atoms with van der Waals surface area (Å²) in [5, 5.41) is 3.10. The topological polar surface area (TPSA) is 65.8 Å². The fourth-order valence-corrected chi connectivity index (χ4v) is 1.65. The van der Waals surface area contributed by atoms with Crippen LogP contribution >= 0.6 is 0 Å². The van der Waals surface area contributed by atoms with Crippen LogP contribution in [0.25, 0.3) is 10.4 Å². The highest BCUT2D eigenvalue weighted by molar-refractivity contribution is 5.83. The molecule has 1 aliphatic carbocycles. The molecule has 2 atom stereocenters. The number of nitrogens with zero attached hydrogens (tertiary/aromatic N) is 3. The van der Waals surface area contributed by atoms with E-state index in [1.165, 1.54) is 0 Å². The summed E-state index contributed by atoms with van der Waals surface area (Å²) in [6.45, 7) is 0. The van der Waals surface area contributed by atoms with E-state index < -0.39 is 0 Å². The van der Waals surface area contributed by atoms with E-state index >= 15 is 0 Å². The number of azide groups is 1. The lowest BCUT2D eigenvalue weighted by Crippen LogP contribution is -1.95. The molecule has 14 heavy (non-hydrogen) atoms. The summed E-state index contributed by atoms with van der Waals surface area (Å²) in [6, 6.07) is 9.82. The van der Waals surface area contributed by atoms with Crippen LogP contribution in [-0.4, -0.2) is 5.91 Å². The van der Waals surface area contributed by atoms with E-state index in [-0.39, 0.29) is 17.7 Å². The second kappa shape index (κ2) is 3.52. The number of hydrogen-bond acceptors (Lipinski definition) is 1. The Kier molecular flexibility index (Phi) is 2.21. The first-order valence-corrected chi connectivity index (χ1v) is 4.47. The van der Waals surface area contributed by atoms with E-state index in [9.17, 15) is 4.79 Å². The Morgan fingerprint density at radius 1 is 1.43 bits per heavy atom. The molecule has 0 aliphatic heterocycles. The Balaban J connectivity index is 2.07. The minimum absolute atomic E-state index is 0.0895. The minimum Gasteiger partial charge on any atom is -0.292 e. The number of carbonyl (C=O) groups excluding carboxylic acids is 1. The average Bonchev–Trinajstić information content (AvgIpc) is 2.99. The van der Waals surface area contributed by atoms with E-state index in [1.807, 2.05) is 30.3 Å². The summed E-state index contributed by atoms with van der Waals surface area (Å²) in [4.78, 5) is 13.7. The predicted molar refractivity (Wildman–Crippen MR) is 51.4 cm³/mol. The number of amides is 1. The first kappa shape index (κ1) is 8.78. The smallest absolute Gasteiger partial charge is 0.222 e. The summed E-state index contributed by atoms with van der Waals surface area (Å²) in [5.41, 5.74) is 9.26. The van der Waals surface area contributed by atoms with Gasteiger partial charge in [-0.3, -0.25) is 4.79 Å². The molecule has 0 spiro atoms. The largest absolute Gasteiger partial charge is 0.292 e. The Morgan fingerprint density at radius 3 is 2.79 bits per heavy atom. The van der Waals surface area contributed by atoms with Crippen LogP contribution in [0.3, 0.4) is 0 Å². The van der Waals surface area contributed by atoms with Gasteiger partial charge >= 0.3 is 0 Å². The molecule has 1 aromatic carbocycles. The van der Waals surface area contributed by atoms with Gasteiger partial charge in [0.2, 0.25) is 5.91 Å². The van der Waals surface area contributed by atoms with Crippen molar-refractivity contribution in [2.75, 3.05) is 0 Å². The van der Waals surface area contributed by atoms with Gasteiger partial charge in [-0.2, -0.15) is 0 Å². The molecule has 4 heteroatoms. The number of benzene rings is 1. The van der Waals surface area contributed by atoms with Gasteiger partial charge in [-0.15, -0.1) is 0 Å². The van der Waals surface area contributed by atoms with Crippen molar-refractivity contribution in [3.63, 3.8) is 0 Å². The standard InChI is InChI=1S/C10H9N3O/c11-13-12-10(14)9-6-8(9)7-4-2-1-3-5-7/h1-5,8-9H,6H2/t8-,9+/m0/s1. The van der Waals surface area contributed by atoms with Gasteiger partial charge in [0.25, 0.3) is 0 Å². The Bertz CT molecular complexity index is 395. The molecule has 0 N–H and O–H groups in total. The van der Waals surface area contributed by atoms with Crippen LogP contribution in [-0.2, 0) is 4.79 Å². The van der Waals surface area contributed by atoms with E-state index in [0.717, 1.165) is 12.0 Å². The number of rotatable bonds is 2. The second-order valence-electron chi connectivity index (χ2n) is 3.39. The molecular weight excluding hydrogens is 178 g/mol. The van der Waals surface area contributed by atoms with Crippen LogP contribution in [0.1, 0.15) is 17.9 Å². The van der Waals surface area contributed by atoms with Gasteiger partial charge in [-0.1, -0.05) is 30.3 Å². The monoisotopic (exact) mass is 187 g/mol. The third-order valence-electron chi connectivity index (χ3n) is 2.48. The lowest BCUT2D eigenvalue weighted by atomic mass is 10.1. The zero-order valence-electron chi connectivity index (χ0n) is 7.50. The van der Waals surface area contributed by atoms with Gasteiger partial charge in [0.15, 0.2) is 0 Å². The van der Waals surface area contributed by atoms with E-state index in [2.05, 4.69) is 10.0 Å². The molecule has 2 rings (SSSR count). The molecule has 0 saturated heterocycles. The molecular formula is C10H9N3O. The van der Waals surface area contributed by atoms with Gasteiger partial charge in [0, 0.05) is 10.8 Å². The highest BCUT2D eigenvalue weighted by atomic mass is 16.2. The van der Waals surface area contributed by atoms with Crippen molar-refractivity contribution in [2.24, 2.45) is 11.0 Å². The Hall–Kier alpha value is -1.80. The number of hydrogen-bond donors (Lipinski definition) is 0. The molecule has 1 aliphatic rings. The summed E-state index contributed by atoms with van der Waals surface area (Å²) in [6.07, 6.45) is 0.807. The summed E-state index contributed by atoms with van der Waals surface area (Å²) in [5.74, 6) is -0.163. The fraction of sp³-hybridized carbons (Fsp3) is 0.300. The van der Waals surface area contributed by atoms with Crippen LogP contribution in [0.4, 0.5) is 0 Å². The second-order valence-corrected chi connectivity index (χ2v) is 3.39. The number of carbonyl (C=O) groups is 1. The van der Waals surface area contributed by atoms with Crippen molar-refractivity contribution in [3.05, 3.63) is 46.3 Å². The zero-order valence-corrected chi connectivity index (χ0v) is 7.50. The fourth-order valence-electron chi connectivity index (χ4n) is 1.65. The van der Waals surface area contributed by atoms with Crippen LogP contribution in [0.15, 0.2) is 35.4 Å². The molecule has 0 aromatic heterocycles. The molecule has 1 aromatic rings.